The molecule has 8 amide bonds. The van der Waals surface area contributed by atoms with Crippen molar-refractivity contribution in [1.29, 1.82) is 0 Å². The molecular formula is C65H78N10O10S. The topological polar surface area (TPSA) is 275 Å². The predicted molar refractivity (Wildman–Crippen MR) is 331 cm³/mol. The molecule has 8 N–H and O–H groups in total. The van der Waals surface area contributed by atoms with Gasteiger partial charge in [0.05, 0.1) is 23.5 Å². The Kier molecular flexibility index (Phi) is 20.7. The van der Waals surface area contributed by atoms with Crippen LogP contribution in [0.5, 0.6) is 0 Å². The van der Waals surface area contributed by atoms with Crippen LogP contribution in [-0.4, -0.2) is 112 Å². The third-order valence-electron chi connectivity index (χ3n) is 15.9. The van der Waals surface area contributed by atoms with E-state index in [1.54, 1.807) is 55.5 Å². The Balaban J connectivity index is 0.00000421. The fourth-order valence-corrected chi connectivity index (χ4v) is 13.0. The maximum Gasteiger partial charge on any atom is 0.407 e. The van der Waals surface area contributed by atoms with Crippen LogP contribution in [0.25, 0.3) is 11.1 Å². The van der Waals surface area contributed by atoms with Gasteiger partial charge >= 0.3 is 12.1 Å². The van der Waals surface area contributed by atoms with Gasteiger partial charge in [0.2, 0.25) is 33.7 Å². The van der Waals surface area contributed by atoms with Crippen molar-refractivity contribution < 1.29 is 51.0 Å². The Hall–Kier alpha value is -9.21. The summed E-state index contributed by atoms with van der Waals surface area (Å²) in [6.45, 7) is 0.818. The van der Waals surface area contributed by atoms with Crippen molar-refractivity contribution in [1.82, 2.24) is 46.9 Å². The summed E-state index contributed by atoms with van der Waals surface area (Å²) in [6, 6.07) is 42.8. The molecule has 1 heterocycles. The van der Waals surface area contributed by atoms with Gasteiger partial charge in [-0.1, -0.05) is 190 Å². The van der Waals surface area contributed by atoms with Crippen molar-refractivity contribution in [2.24, 2.45) is 11.0 Å². The van der Waals surface area contributed by atoms with Gasteiger partial charge in [-0.15, -0.1) is 0 Å². The van der Waals surface area contributed by atoms with Gasteiger partial charge in [-0.05, 0) is 82.7 Å². The van der Waals surface area contributed by atoms with E-state index in [9.17, 15) is 32.4 Å². The lowest BCUT2D eigenvalue weighted by atomic mass is 9.83. The van der Waals surface area contributed by atoms with Crippen molar-refractivity contribution in [3.8, 4) is 11.1 Å². The van der Waals surface area contributed by atoms with Gasteiger partial charge in [0.15, 0.2) is 0 Å². The van der Waals surface area contributed by atoms with E-state index in [0.29, 0.717) is 24.8 Å². The molecule has 21 heteroatoms. The van der Waals surface area contributed by atoms with Crippen molar-refractivity contribution in [2.45, 2.75) is 105 Å². The fourth-order valence-electron chi connectivity index (χ4n) is 11.7. The third-order valence-corrected chi connectivity index (χ3v) is 17.4. The molecule has 9 rings (SSSR count). The molecule has 86 heavy (non-hydrogen) atoms. The summed E-state index contributed by atoms with van der Waals surface area (Å²) in [4.78, 5) is 101. The van der Waals surface area contributed by atoms with Gasteiger partial charge in [0, 0.05) is 29.8 Å². The molecule has 454 valence electrons. The van der Waals surface area contributed by atoms with E-state index in [1.165, 1.54) is 24.1 Å². The molecule has 0 radical (unpaired) electrons. The fraction of sp³-hybridized carbons (Fsp3) is 0.323. The lowest BCUT2D eigenvalue weighted by molar-refractivity contribution is -0.141. The van der Waals surface area contributed by atoms with E-state index in [-0.39, 0.29) is 47.0 Å². The van der Waals surface area contributed by atoms with Crippen LogP contribution in [0.4, 0.5) is 9.59 Å². The van der Waals surface area contributed by atoms with Crippen molar-refractivity contribution in [3.05, 3.63) is 198 Å². The molecule has 0 aromatic heterocycles. The molecule has 6 aromatic rings. The largest absolute Gasteiger partial charge is 0.449 e. The maximum absolute atomic E-state index is 15.5. The first-order valence-electron chi connectivity index (χ1n) is 29.1. The van der Waals surface area contributed by atoms with E-state index in [1.807, 2.05) is 109 Å². The molecule has 1 aliphatic heterocycles. The minimum absolute atomic E-state index is 0. The number of hydrazone groups is 1. The van der Waals surface area contributed by atoms with Gasteiger partial charge in [0.1, 0.15) is 30.4 Å². The zero-order chi connectivity index (χ0) is 60.6. The Morgan fingerprint density at radius 2 is 1.23 bits per heavy atom. The Morgan fingerprint density at radius 3 is 1.81 bits per heavy atom. The lowest BCUT2D eigenvalue weighted by Gasteiger charge is -2.34. The standard InChI is InChI=1S/C65H72N10O10S.3H2/c1-3-23-53(59(62(79)67-39-55(76)69-57(61(78)66-2)44-28-13-6-14-29-44)72-73-64(81)70-56(42-24-9-4-10-25-42)43-26-11-5-12-27-43)68-60(77)54-38-46(74-86(83,84)47-32-17-8-18-33-47)40-75(54)63(80)58(45-30-15-7-16-31-45)71-65(82)85-41-52-50-36-21-19-34-48(50)49-35-20-22-37-51(49)52;;;/h4-6,8-14,17-22,24-29,32-37,45-46,52-54,56-58,74H,3,7,15-16,23,30-31,38-41H2,1-2H3,(H,66,78)(H,67,79)(H,68,77)(H,69,76)(H,71,82)(H2,70,73,81);3*1H/t46-,53+,54?,57+,58+;;;/m1.../s1. The summed E-state index contributed by atoms with van der Waals surface area (Å²) in [5.41, 5.74) is 8.05. The minimum atomic E-state index is -4.20. The average Bonchev–Trinajstić information content (AvgIpc) is 1.73. The number of alkyl carbamates (subject to hydrolysis) is 1. The van der Waals surface area contributed by atoms with Crippen LogP contribution in [0.15, 0.2) is 180 Å². The zero-order valence-electron chi connectivity index (χ0n) is 47.9. The zero-order valence-corrected chi connectivity index (χ0v) is 48.8. The van der Waals surface area contributed by atoms with Crippen molar-refractivity contribution >= 4 is 57.4 Å². The summed E-state index contributed by atoms with van der Waals surface area (Å²) in [7, 11) is -2.78. The molecule has 0 spiro atoms. The molecular weight excluding hydrogens is 1110 g/mol. The second-order valence-corrected chi connectivity index (χ2v) is 23.3. The lowest BCUT2D eigenvalue weighted by Crippen LogP contribution is -2.58. The number of likely N-dealkylation sites (tertiary alicyclic amines) is 1. The third kappa shape index (κ3) is 15.2. The van der Waals surface area contributed by atoms with Crippen LogP contribution < -0.4 is 42.0 Å². The van der Waals surface area contributed by atoms with Crippen LogP contribution in [-0.2, 0) is 38.7 Å². The van der Waals surface area contributed by atoms with Gasteiger partial charge in [0.25, 0.3) is 5.91 Å². The van der Waals surface area contributed by atoms with Crippen LogP contribution in [0.3, 0.4) is 0 Å². The van der Waals surface area contributed by atoms with Crippen LogP contribution in [0, 0.1) is 5.92 Å². The van der Waals surface area contributed by atoms with Gasteiger partial charge in [-0.25, -0.2) is 28.2 Å². The molecule has 1 unspecified atom stereocenters. The summed E-state index contributed by atoms with van der Waals surface area (Å²) >= 11 is 0. The Labute approximate surface area is 505 Å². The molecule has 3 aliphatic rings. The van der Waals surface area contributed by atoms with Crippen molar-refractivity contribution in [3.63, 3.8) is 0 Å². The number of nitrogens with one attached hydrogen (secondary N) is 8. The summed E-state index contributed by atoms with van der Waals surface area (Å²) in [6.07, 6.45) is 2.95. The summed E-state index contributed by atoms with van der Waals surface area (Å²) < 4.78 is 36.6. The monoisotopic (exact) mass is 1190 g/mol. The molecule has 1 saturated heterocycles. The second-order valence-electron chi connectivity index (χ2n) is 21.6. The van der Waals surface area contributed by atoms with Gasteiger partial charge < -0.3 is 41.5 Å². The number of sulfonamides is 1. The first-order valence-corrected chi connectivity index (χ1v) is 30.6. The van der Waals surface area contributed by atoms with Crippen LogP contribution in [0.2, 0.25) is 0 Å². The summed E-state index contributed by atoms with van der Waals surface area (Å²) in [5, 5.41) is 20.8. The maximum atomic E-state index is 15.5. The van der Waals surface area contributed by atoms with E-state index < -0.39 is 100 Å². The number of rotatable bonds is 23. The average molecular weight is 1190 g/mol. The van der Waals surface area contributed by atoms with E-state index in [0.717, 1.165) is 52.6 Å². The normalized spacial score (nSPS) is 17.0. The number of fused-ring (bicyclic) bond motifs is 3. The smallest absolute Gasteiger partial charge is 0.407 e. The number of carbonyl (C=O) groups is 7. The number of likely N-dealkylation sites (N-methyl/N-ethyl adjacent to an activating group) is 1. The predicted octanol–water partition coefficient (Wildman–Crippen LogP) is 7.61. The number of ether oxygens (including phenoxy) is 1. The molecule has 0 bridgehead atoms. The quantitative estimate of drug-likeness (QED) is 0.0230. The Bertz CT molecular complexity index is 3430. The van der Waals surface area contributed by atoms with E-state index in [2.05, 4.69) is 47.2 Å². The number of amides is 8. The molecule has 2 fully saturated rings. The molecule has 20 nitrogen and oxygen atoms in total. The van der Waals surface area contributed by atoms with Crippen LogP contribution in [0.1, 0.15) is 108 Å². The SMILES string of the molecule is CCC[C@H](NC(=O)C1C[C@@H](NS(=O)(=O)c2ccccc2)CN1C(=O)[C@@H](NC(=O)OCC1c2ccccc2-c2ccccc21)C1CCCCC1)C(=NNC(=O)NC(c1ccccc1)c1ccccc1)C(=O)NCC(=O)N[C@H](C(=O)NC)c1ccccc1.[HH].[HH].[HH]. The molecule has 1 saturated carbocycles. The number of nitrogens with zero attached hydrogens (tertiary/aromatic N) is 2. The number of benzene rings is 6. The summed E-state index contributed by atoms with van der Waals surface area (Å²) in [5.74, 6) is -4.31. The number of hydrogen-bond donors (Lipinski definition) is 8. The molecule has 6 aromatic carbocycles. The highest BCUT2D eigenvalue weighted by molar-refractivity contribution is 7.89. The number of urea groups is 1. The van der Waals surface area contributed by atoms with Gasteiger partial charge in [-0.3, -0.25) is 24.0 Å². The van der Waals surface area contributed by atoms with Crippen LogP contribution >= 0.6 is 0 Å². The first kappa shape index (κ1) is 61.4. The van der Waals surface area contributed by atoms with Crippen molar-refractivity contribution in [2.75, 3.05) is 26.7 Å². The minimum Gasteiger partial charge on any atom is -0.449 e. The highest BCUT2D eigenvalue weighted by atomic mass is 32.2. The molecule has 5 atom stereocenters. The Morgan fingerprint density at radius 1 is 0.674 bits per heavy atom. The first-order chi connectivity index (χ1) is 41.7. The highest BCUT2D eigenvalue weighted by Crippen LogP contribution is 2.44. The van der Waals surface area contributed by atoms with E-state index in [4.69, 9.17) is 4.74 Å². The van der Waals surface area contributed by atoms with Gasteiger partial charge in [-0.2, -0.15) is 5.10 Å². The highest BCUT2D eigenvalue weighted by Gasteiger charge is 2.46. The van der Waals surface area contributed by atoms with E-state index >= 15 is 9.59 Å². The number of carbonyl (C=O) groups excluding carboxylic acids is 7. The number of hydrogen-bond acceptors (Lipinski definition) is 11. The molecule has 2 aliphatic carbocycles. The second kappa shape index (κ2) is 29.1.